The van der Waals surface area contributed by atoms with Gasteiger partial charge in [0.25, 0.3) is 0 Å². The highest BCUT2D eigenvalue weighted by Gasteiger charge is 2.16. The van der Waals surface area contributed by atoms with E-state index in [2.05, 4.69) is 59.9 Å². The molecule has 2 aromatic carbocycles. The first-order valence-electron chi connectivity index (χ1n) is 8.12. The van der Waals surface area contributed by atoms with Gasteiger partial charge >= 0.3 is 0 Å². The summed E-state index contributed by atoms with van der Waals surface area (Å²) in [7, 11) is 0. The minimum atomic E-state index is 0. The number of nitrogens with zero attached hydrogens (tertiary/aromatic N) is 1. The van der Waals surface area contributed by atoms with E-state index in [9.17, 15) is 0 Å². The van der Waals surface area contributed by atoms with Crippen molar-refractivity contribution in [1.29, 1.82) is 0 Å². The summed E-state index contributed by atoms with van der Waals surface area (Å²) >= 11 is 0. The molecule has 1 aliphatic carbocycles. The van der Waals surface area contributed by atoms with E-state index in [0.29, 0.717) is 6.04 Å². The van der Waals surface area contributed by atoms with Crippen LogP contribution in [0.4, 0.5) is 5.69 Å². The Hall–Kier alpha value is -1.43. The van der Waals surface area contributed by atoms with E-state index >= 15 is 0 Å². The van der Waals surface area contributed by atoms with Crippen molar-refractivity contribution in [3.63, 3.8) is 0 Å². The van der Waals surface area contributed by atoms with Gasteiger partial charge in [0.1, 0.15) is 0 Å². The number of para-hydroxylation sites is 1. The molecule has 0 bridgehead atoms. The number of benzene rings is 2. The molecule has 25 heavy (non-hydrogen) atoms. The van der Waals surface area contributed by atoms with Crippen molar-refractivity contribution in [1.82, 2.24) is 4.98 Å². The Labute approximate surface area is 169 Å². The van der Waals surface area contributed by atoms with E-state index in [1.165, 1.54) is 42.3 Å². The number of hydrogen-bond acceptors (Lipinski definition) is 2. The zero-order chi connectivity index (χ0) is 14.8. The molecule has 1 saturated carbocycles. The first-order chi connectivity index (χ1) is 10.9. The third-order valence-corrected chi connectivity index (χ3v) is 4.50. The fourth-order valence-corrected chi connectivity index (χ4v) is 3.34. The van der Waals surface area contributed by atoms with Gasteiger partial charge in [-0.25, -0.2) is 4.98 Å². The average molecular weight is 468 g/mol. The van der Waals surface area contributed by atoms with E-state index in [4.69, 9.17) is 4.98 Å². The van der Waals surface area contributed by atoms with Crippen molar-refractivity contribution < 1.29 is 5.48 Å². The van der Waals surface area contributed by atoms with E-state index in [1.807, 2.05) is 6.07 Å². The number of aromatic nitrogens is 1. The molecule has 3 nitrogen and oxygen atoms in total. The van der Waals surface area contributed by atoms with E-state index < -0.39 is 0 Å². The molecule has 0 radical (unpaired) electrons. The molecule has 3 aromatic rings. The Morgan fingerprint density at radius 3 is 2.20 bits per heavy atom. The second-order valence-corrected chi connectivity index (χ2v) is 6.06. The Morgan fingerprint density at radius 2 is 1.48 bits per heavy atom. The summed E-state index contributed by atoms with van der Waals surface area (Å²) in [6.07, 6.45) is 5.23. The van der Waals surface area contributed by atoms with Crippen LogP contribution < -0.4 is 5.32 Å². The maximum Gasteiger partial charge on any atom is 0.0730 e. The molecular weight excluding hydrogens is 444 g/mol. The molecule has 1 fully saturated rings. The molecule has 0 aliphatic heterocycles. The molecular formula is C20H24Br2N2O. The summed E-state index contributed by atoms with van der Waals surface area (Å²) in [6, 6.07) is 21.6. The predicted octanol–water partition coefficient (Wildman–Crippen LogP) is 5.59. The third-order valence-electron chi connectivity index (χ3n) is 4.50. The number of fused-ring (bicyclic) bond motifs is 1. The van der Waals surface area contributed by atoms with Crippen LogP contribution in [0.25, 0.3) is 22.2 Å². The second-order valence-electron chi connectivity index (χ2n) is 6.06. The molecule has 1 heterocycles. The zero-order valence-corrected chi connectivity index (χ0v) is 17.4. The SMILES string of the molecule is Br.Br.O.c1ccc(-c2cc(NC3CCCC3)c3ccccc3n2)cc1. The number of rotatable bonds is 3. The Balaban J connectivity index is 0.00000104. The molecule has 0 amide bonds. The molecule has 0 atom stereocenters. The lowest BCUT2D eigenvalue weighted by molar-refractivity contribution is 0.756. The summed E-state index contributed by atoms with van der Waals surface area (Å²) in [4.78, 5) is 4.84. The summed E-state index contributed by atoms with van der Waals surface area (Å²) in [5, 5.41) is 4.97. The molecule has 1 aliphatic rings. The quantitative estimate of drug-likeness (QED) is 0.545. The van der Waals surface area contributed by atoms with Gasteiger partial charge in [-0.05, 0) is 25.0 Å². The standard InChI is InChI=1S/C20H20N2.2BrH.H2O/c1-2-8-15(9-3-1)19-14-20(21-16-10-4-5-11-16)17-12-6-7-13-18(17)22-19;;;/h1-3,6-9,12-14,16H,4-5,10-11H2,(H,21,22);2*1H;1H2. The molecule has 0 spiro atoms. The number of hydrogen-bond donors (Lipinski definition) is 1. The highest BCUT2D eigenvalue weighted by Crippen LogP contribution is 2.31. The minimum Gasteiger partial charge on any atom is -0.412 e. The molecule has 0 unspecified atom stereocenters. The van der Waals surface area contributed by atoms with E-state index in [1.54, 1.807) is 0 Å². The molecule has 0 saturated heterocycles. The van der Waals surface area contributed by atoms with Gasteiger partial charge in [-0.15, -0.1) is 34.0 Å². The van der Waals surface area contributed by atoms with Gasteiger partial charge in [-0.3, -0.25) is 0 Å². The van der Waals surface area contributed by atoms with Crippen LogP contribution in [0.15, 0.2) is 60.7 Å². The molecule has 3 N–H and O–H groups in total. The summed E-state index contributed by atoms with van der Waals surface area (Å²) in [5.41, 5.74) is 4.49. The van der Waals surface area contributed by atoms with E-state index in [-0.39, 0.29) is 39.4 Å². The Kier molecular flexibility index (Phi) is 8.56. The van der Waals surface area contributed by atoms with Gasteiger partial charge in [0, 0.05) is 22.7 Å². The first-order valence-corrected chi connectivity index (χ1v) is 8.12. The lowest BCUT2D eigenvalue weighted by Crippen LogP contribution is -2.14. The van der Waals surface area contributed by atoms with Crippen molar-refractivity contribution >= 4 is 50.6 Å². The van der Waals surface area contributed by atoms with Gasteiger partial charge in [0.05, 0.1) is 11.2 Å². The molecule has 134 valence electrons. The van der Waals surface area contributed by atoms with Crippen molar-refractivity contribution in [3.05, 3.63) is 60.7 Å². The maximum absolute atomic E-state index is 4.84. The average Bonchev–Trinajstić information content (AvgIpc) is 3.09. The molecule has 4 rings (SSSR count). The Morgan fingerprint density at radius 1 is 0.840 bits per heavy atom. The van der Waals surface area contributed by atoms with Crippen LogP contribution >= 0.6 is 34.0 Å². The van der Waals surface area contributed by atoms with Crippen molar-refractivity contribution in [2.45, 2.75) is 31.7 Å². The monoisotopic (exact) mass is 466 g/mol. The first kappa shape index (κ1) is 21.6. The van der Waals surface area contributed by atoms with Crippen LogP contribution in [0.1, 0.15) is 25.7 Å². The predicted molar refractivity (Wildman–Crippen MR) is 117 cm³/mol. The number of halogens is 2. The smallest absolute Gasteiger partial charge is 0.0730 e. The van der Waals surface area contributed by atoms with Crippen molar-refractivity contribution in [3.8, 4) is 11.3 Å². The van der Waals surface area contributed by atoms with E-state index in [0.717, 1.165) is 11.2 Å². The summed E-state index contributed by atoms with van der Waals surface area (Å²) in [5.74, 6) is 0. The number of anilines is 1. The van der Waals surface area contributed by atoms with Crippen molar-refractivity contribution in [2.75, 3.05) is 5.32 Å². The summed E-state index contributed by atoms with van der Waals surface area (Å²) < 4.78 is 0. The van der Waals surface area contributed by atoms with Crippen molar-refractivity contribution in [2.24, 2.45) is 0 Å². The van der Waals surface area contributed by atoms with Gasteiger partial charge in [-0.2, -0.15) is 0 Å². The van der Waals surface area contributed by atoms with Crippen LogP contribution in [0, 0.1) is 0 Å². The Bertz CT molecular complexity index is 790. The van der Waals surface area contributed by atoms with Gasteiger partial charge in [-0.1, -0.05) is 61.4 Å². The fourth-order valence-electron chi connectivity index (χ4n) is 3.34. The van der Waals surface area contributed by atoms with Gasteiger partial charge < -0.3 is 10.8 Å². The fraction of sp³-hybridized carbons (Fsp3) is 0.250. The minimum absolute atomic E-state index is 0. The highest BCUT2D eigenvalue weighted by molar-refractivity contribution is 8.93. The number of pyridine rings is 1. The lowest BCUT2D eigenvalue weighted by atomic mass is 10.1. The largest absolute Gasteiger partial charge is 0.412 e. The summed E-state index contributed by atoms with van der Waals surface area (Å²) in [6.45, 7) is 0. The second kappa shape index (κ2) is 9.90. The maximum atomic E-state index is 4.84. The third kappa shape index (κ3) is 4.81. The van der Waals surface area contributed by atoms with Crippen LogP contribution in [0.2, 0.25) is 0 Å². The zero-order valence-electron chi connectivity index (χ0n) is 13.9. The number of nitrogens with one attached hydrogen (secondary N) is 1. The lowest BCUT2D eigenvalue weighted by Gasteiger charge is -2.17. The highest BCUT2D eigenvalue weighted by atomic mass is 79.9. The molecule has 5 heteroatoms. The normalized spacial score (nSPS) is 13.4. The molecule has 1 aromatic heterocycles. The topological polar surface area (TPSA) is 56.4 Å². The van der Waals surface area contributed by atoms with Crippen LogP contribution in [0.3, 0.4) is 0 Å². The van der Waals surface area contributed by atoms with Crippen LogP contribution in [0.5, 0.6) is 0 Å². The van der Waals surface area contributed by atoms with Gasteiger partial charge in [0.15, 0.2) is 0 Å². The van der Waals surface area contributed by atoms with Crippen LogP contribution in [-0.2, 0) is 0 Å². The van der Waals surface area contributed by atoms with Gasteiger partial charge in [0.2, 0.25) is 0 Å². The van der Waals surface area contributed by atoms with Crippen LogP contribution in [-0.4, -0.2) is 16.5 Å².